The Morgan fingerprint density at radius 3 is 2.41 bits per heavy atom. The second-order valence-corrected chi connectivity index (χ2v) is 7.46. The summed E-state index contributed by atoms with van der Waals surface area (Å²) in [5.41, 5.74) is 0.711. The number of anilines is 1. The van der Waals surface area contributed by atoms with Crippen molar-refractivity contribution >= 4 is 29.1 Å². The van der Waals surface area contributed by atoms with Crippen molar-refractivity contribution in [2.75, 3.05) is 44.6 Å². The van der Waals surface area contributed by atoms with Gasteiger partial charge in [0.05, 0.1) is 6.54 Å². The van der Waals surface area contributed by atoms with Gasteiger partial charge in [-0.05, 0) is 36.4 Å². The van der Waals surface area contributed by atoms with Gasteiger partial charge in [0.25, 0.3) is 5.91 Å². The second kappa shape index (κ2) is 8.71. The molecule has 1 atom stereocenters. The van der Waals surface area contributed by atoms with Crippen molar-refractivity contribution in [2.45, 2.75) is 6.10 Å². The van der Waals surface area contributed by atoms with E-state index in [1.54, 1.807) is 35.2 Å². The van der Waals surface area contributed by atoms with Crippen molar-refractivity contribution in [3.05, 3.63) is 53.6 Å². The third-order valence-corrected chi connectivity index (χ3v) is 5.22. The van der Waals surface area contributed by atoms with E-state index < -0.39 is 6.10 Å². The number of fused-ring (bicyclic) bond motifs is 1. The van der Waals surface area contributed by atoms with Gasteiger partial charge in [-0.1, -0.05) is 23.7 Å². The zero-order valence-corrected chi connectivity index (χ0v) is 16.6. The number of halogens is 1. The van der Waals surface area contributed by atoms with Crippen LogP contribution < -0.4 is 14.8 Å². The average Bonchev–Trinajstić information content (AvgIpc) is 2.75. The number of amides is 2. The number of benzene rings is 2. The largest absolute Gasteiger partial charge is 0.485 e. The first-order chi connectivity index (χ1) is 14.1. The number of piperazine rings is 1. The molecule has 0 unspecified atom stereocenters. The number of hydrogen-bond donors (Lipinski definition) is 1. The summed E-state index contributed by atoms with van der Waals surface area (Å²) in [7, 11) is 0. The number of nitrogens with zero attached hydrogens (tertiary/aromatic N) is 2. The molecule has 2 aliphatic rings. The predicted octanol–water partition coefficient (Wildman–Crippen LogP) is 2.26. The molecule has 0 spiro atoms. The molecule has 0 radical (unpaired) electrons. The first kappa shape index (κ1) is 19.5. The van der Waals surface area contributed by atoms with E-state index in [2.05, 4.69) is 5.32 Å². The summed E-state index contributed by atoms with van der Waals surface area (Å²) < 4.78 is 11.5. The lowest BCUT2D eigenvalue weighted by molar-refractivity contribution is -0.143. The third kappa shape index (κ3) is 4.81. The van der Waals surface area contributed by atoms with E-state index in [1.807, 2.05) is 23.1 Å². The standard InChI is InChI=1S/C21H22ClN3O4/c22-15-5-7-16(8-6-15)23-20(26)13-24-9-11-25(12-10-24)21(27)19-14-28-17-3-1-2-4-18(17)29-19/h1-8,19H,9-14H2,(H,23,26)/t19-/m0/s1. The topological polar surface area (TPSA) is 71.1 Å². The van der Waals surface area contributed by atoms with Crippen LogP contribution in [0.3, 0.4) is 0 Å². The van der Waals surface area contributed by atoms with Crippen LogP contribution >= 0.6 is 11.6 Å². The summed E-state index contributed by atoms with van der Waals surface area (Å²) >= 11 is 5.85. The summed E-state index contributed by atoms with van der Waals surface area (Å²) in [6.45, 7) is 2.84. The fourth-order valence-electron chi connectivity index (χ4n) is 3.41. The monoisotopic (exact) mass is 415 g/mol. The molecule has 4 rings (SSSR count). The summed E-state index contributed by atoms with van der Waals surface area (Å²) in [5.74, 6) is 1.08. The molecule has 8 heteroatoms. The van der Waals surface area contributed by atoms with Crippen LogP contribution in [0.25, 0.3) is 0 Å². The van der Waals surface area contributed by atoms with Crippen LogP contribution in [0.1, 0.15) is 0 Å². The fraction of sp³-hybridized carbons (Fsp3) is 0.333. The highest BCUT2D eigenvalue weighted by Gasteiger charge is 2.32. The molecule has 152 valence electrons. The van der Waals surface area contributed by atoms with E-state index in [0.29, 0.717) is 48.4 Å². The van der Waals surface area contributed by atoms with E-state index in [-0.39, 0.29) is 25.0 Å². The van der Waals surface area contributed by atoms with Crippen molar-refractivity contribution in [3.8, 4) is 11.5 Å². The number of para-hydroxylation sites is 2. The van der Waals surface area contributed by atoms with Crippen molar-refractivity contribution in [1.82, 2.24) is 9.80 Å². The zero-order chi connectivity index (χ0) is 20.2. The first-order valence-corrected chi connectivity index (χ1v) is 9.91. The third-order valence-electron chi connectivity index (χ3n) is 4.96. The Hall–Kier alpha value is -2.77. The average molecular weight is 416 g/mol. The Kier molecular flexibility index (Phi) is 5.87. The molecule has 29 heavy (non-hydrogen) atoms. The molecule has 0 aromatic heterocycles. The van der Waals surface area contributed by atoms with Gasteiger partial charge in [0.15, 0.2) is 11.5 Å². The summed E-state index contributed by atoms with van der Waals surface area (Å²) in [6.07, 6.45) is -0.635. The Bertz CT molecular complexity index is 882. The van der Waals surface area contributed by atoms with E-state index in [4.69, 9.17) is 21.1 Å². The molecule has 0 bridgehead atoms. The van der Waals surface area contributed by atoms with Crippen LogP contribution in [-0.4, -0.2) is 67.0 Å². The van der Waals surface area contributed by atoms with E-state index in [1.165, 1.54) is 0 Å². The van der Waals surface area contributed by atoms with E-state index in [9.17, 15) is 9.59 Å². The van der Waals surface area contributed by atoms with Crippen LogP contribution in [0.5, 0.6) is 11.5 Å². The van der Waals surface area contributed by atoms with Crippen molar-refractivity contribution in [1.29, 1.82) is 0 Å². The van der Waals surface area contributed by atoms with E-state index in [0.717, 1.165) is 0 Å². The number of ether oxygens (including phenoxy) is 2. The van der Waals surface area contributed by atoms with Crippen LogP contribution in [0.2, 0.25) is 5.02 Å². The van der Waals surface area contributed by atoms with E-state index >= 15 is 0 Å². The van der Waals surface area contributed by atoms with Gasteiger partial charge in [-0.3, -0.25) is 14.5 Å². The van der Waals surface area contributed by atoms with Gasteiger partial charge in [0.2, 0.25) is 12.0 Å². The molecule has 1 saturated heterocycles. The lowest BCUT2D eigenvalue weighted by atomic mass is 10.2. The zero-order valence-electron chi connectivity index (χ0n) is 15.8. The predicted molar refractivity (Wildman–Crippen MR) is 109 cm³/mol. The van der Waals surface area contributed by atoms with Crippen molar-refractivity contribution in [2.24, 2.45) is 0 Å². The Morgan fingerprint density at radius 2 is 1.69 bits per heavy atom. The minimum absolute atomic E-state index is 0.0789. The lowest BCUT2D eigenvalue weighted by Gasteiger charge is -2.36. The van der Waals surface area contributed by atoms with Crippen LogP contribution in [0.15, 0.2) is 48.5 Å². The second-order valence-electron chi connectivity index (χ2n) is 7.02. The summed E-state index contributed by atoms with van der Waals surface area (Å²) in [6, 6.07) is 14.3. The normalized spacial score (nSPS) is 18.9. The first-order valence-electron chi connectivity index (χ1n) is 9.53. The molecular weight excluding hydrogens is 394 g/mol. The van der Waals surface area contributed by atoms with Gasteiger partial charge < -0.3 is 19.7 Å². The molecule has 2 aromatic rings. The number of rotatable bonds is 4. The minimum Gasteiger partial charge on any atom is -0.485 e. The highest BCUT2D eigenvalue weighted by atomic mass is 35.5. The van der Waals surface area contributed by atoms with Crippen molar-refractivity contribution < 1.29 is 19.1 Å². The molecule has 2 amide bonds. The highest BCUT2D eigenvalue weighted by Crippen LogP contribution is 2.31. The van der Waals surface area contributed by atoms with Crippen molar-refractivity contribution in [3.63, 3.8) is 0 Å². The van der Waals surface area contributed by atoms with Gasteiger partial charge in [-0.15, -0.1) is 0 Å². The molecule has 0 aliphatic carbocycles. The number of nitrogens with one attached hydrogen (secondary N) is 1. The van der Waals surface area contributed by atoms with Gasteiger partial charge in [0.1, 0.15) is 6.61 Å². The van der Waals surface area contributed by atoms with Gasteiger partial charge >= 0.3 is 0 Å². The minimum atomic E-state index is -0.635. The summed E-state index contributed by atoms with van der Waals surface area (Å²) in [5, 5.41) is 3.48. The maximum Gasteiger partial charge on any atom is 0.267 e. The number of carbonyl (C=O) groups excluding carboxylic acids is 2. The Labute approximate surface area is 174 Å². The maximum absolute atomic E-state index is 12.8. The molecule has 7 nitrogen and oxygen atoms in total. The van der Waals surface area contributed by atoms with Gasteiger partial charge in [-0.2, -0.15) is 0 Å². The van der Waals surface area contributed by atoms with Crippen LogP contribution in [0.4, 0.5) is 5.69 Å². The SMILES string of the molecule is O=C(CN1CCN(C(=O)[C@@H]2COc3ccccc3O2)CC1)Nc1ccc(Cl)cc1. The smallest absolute Gasteiger partial charge is 0.267 e. The van der Waals surface area contributed by atoms with Gasteiger partial charge in [0, 0.05) is 36.9 Å². The van der Waals surface area contributed by atoms with Crippen LogP contribution in [0, 0.1) is 0 Å². The maximum atomic E-state index is 12.8. The molecule has 2 aromatic carbocycles. The molecule has 0 saturated carbocycles. The summed E-state index contributed by atoms with van der Waals surface area (Å²) in [4.78, 5) is 28.8. The quantitative estimate of drug-likeness (QED) is 0.829. The molecule has 1 N–H and O–H groups in total. The highest BCUT2D eigenvalue weighted by molar-refractivity contribution is 6.30. The lowest BCUT2D eigenvalue weighted by Crippen LogP contribution is -2.54. The molecule has 2 heterocycles. The fourth-order valence-corrected chi connectivity index (χ4v) is 3.53. The number of hydrogen-bond acceptors (Lipinski definition) is 5. The molecule has 1 fully saturated rings. The van der Waals surface area contributed by atoms with Gasteiger partial charge in [-0.25, -0.2) is 0 Å². The Balaban J connectivity index is 1.24. The number of carbonyl (C=O) groups is 2. The van der Waals surface area contributed by atoms with Crippen LogP contribution in [-0.2, 0) is 9.59 Å². The molecule has 2 aliphatic heterocycles. The molecular formula is C21H22ClN3O4. The Morgan fingerprint density at radius 1 is 1.00 bits per heavy atom.